The van der Waals surface area contributed by atoms with E-state index in [-0.39, 0.29) is 5.91 Å². The summed E-state index contributed by atoms with van der Waals surface area (Å²) in [5.41, 5.74) is 2.82. The molecule has 1 amide bonds. The van der Waals surface area contributed by atoms with Crippen LogP contribution in [0, 0.1) is 0 Å². The zero-order valence-electron chi connectivity index (χ0n) is 18.2. The molecule has 1 saturated heterocycles. The van der Waals surface area contributed by atoms with Gasteiger partial charge < -0.3 is 19.3 Å². The number of benzene rings is 2. The van der Waals surface area contributed by atoms with Gasteiger partial charge in [0.1, 0.15) is 17.2 Å². The second-order valence-electron chi connectivity index (χ2n) is 7.69. The third kappa shape index (κ3) is 4.41. The molecule has 3 aromatic rings. The van der Waals surface area contributed by atoms with Gasteiger partial charge in [0, 0.05) is 37.5 Å². The molecule has 0 radical (unpaired) electrons. The number of carbonyl (C=O) groups excluding carboxylic acids is 1. The van der Waals surface area contributed by atoms with Crippen molar-refractivity contribution in [3.8, 4) is 28.4 Å². The fourth-order valence-corrected chi connectivity index (χ4v) is 3.86. The standard InChI is InChI=1S/C24H28N4O3/c1-26-12-7-13-27(15-14-26)24(29)21-17-28(18-8-5-4-6-9-18)25-23(21)20-11-10-19(30-2)16-22(20)31-3/h4-6,8-11,16-17H,7,12-15H2,1-3H3. The number of carbonyl (C=O) groups is 1. The Balaban J connectivity index is 1.80. The van der Waals surface area contributed by atoms with E-state index in [1.165, 1.54) is 0 Å². The number of para-hydroxylation sites is 1. The maximum absolute atomic E-state index is 13.6. The summed E-state index contributed by atoms with van der Waals surface area (Å²) in [5, 5.41) is 4.81. The Labute approximate surface area is 182 Å². The average molecular weight is 421 g/mol. The summed E-state index contributed by atoms with van der Waals surface area (Å²) in [6.07, 6.45) is 2.78. The third-order valence-corrected chi connectivity index (χ3v) is 5.64. The first-order valence-corrected chi connectivity index (χ1v) is 10.5. The lowest BCUT2D eigenvalue weighted by atomic mass is 10.1. The first-order valence-electron chi connectivity index (χ1n) is 10.5. The van der Waals surface area contributed by atoms with Gasteiger partial charge in [-0.25, -0.2) is 4.68 Å². The van der Waals surface area contributed by atoms with Crippen LogP contribution in [0.3, 0.4) is 0 Å². The molecule has 0 saturated carbocycles. The second-order valence-corrected chi connectivity index (χ2v) is 7.69. The molecule has 0 N–H and O–H groups in total. The summed E-state index contributed by atoms with van der Waals surface area (Å²) in [6.45, 7) is 3.29. The van der Waals surface area contributed by atoms with Crippen LogP contribution >= 0.6 is 0 Å². The van der Waals surface area contributed by atoms with E-state index < -0.39 is 0 Å². The van der Waals surface area contributed by atoms with E-state index >= 15 is 0 Å². The van der Waals surface area contributed by atoms with E-state index in [0.717, 1.165) is 37.3 Å². The van der Waals surface area contributed by atoms with Crippen LogP contribution in [0.5, 0.6) is 11.5 Å². The van der Waals surface area contributed by atoms with E-state index in [4.69, 9.17) is 14.6 Å². The number of likely N-dealkylation sites (N-methyl/N-ethyl adjacent to an activating group) is 1. The molecule has 0 atom stereocenters. The number of hydrogen-bond acceptors (Lipinski definition) is 5. The minimum Gasteiger partial charge on any atom is -0.497 e. The zero-order valence-corrected chi connectivity index (χ0v) is 18.2. The average Bonchev–Trinajstić information content (AvgIpc) is 3.14. The molecule has 2 aromatic carbocycles. The van der Waals surface area contributed by atoms with Crippen molar-refractivity contribution in [2.75, 3.05) is 47.4 Å². The van der Waals surface area contributed by atoms with Crippen LogP contribution in [0.25, 0.3) is 16.9 Å². The van der Waals surface area contributed by atoms with Gasteiger partial charge in [-0.1, -0.05) is 18.2 Å². The molecule has 0 spiro atoms. The number of ether oxygens (including phenoxy) is 2. The Bertz CT molecular complexity index is 1050. The number of rotatable bonds is 5. The van der Waals surface area contributed by atoms with Gasteiger partial charge in [0.25, 0.3) is 5.91 Å². The van der Waals surface area contributed by atoms with Crippen molar-refractivity contribution in [2.45, 2.75) is 6.42 Å². The van der Waals surface area contributed by atoms with Gasteiger partial charge in [0.2, 0.25) is 0 Å². The molecule has 0 bridgehead atoms. The van der Waals surface area contributed by atoms with Gasteiger partial charge >= 0.3 is 0 Å². The van der Waals surface area contributed by atoms with Crippen molar-refractivity contribution >= 4 is 5.91 Å². The Morgan fingerprint density at radius 1 is 0.968 bits per heavy atom. The van der Waals surface area contributed by atoms with E-state index in [0.29, 0.717) is 29.3 Å². The number of amides is 1. The SMILES string of the molecule is COc1ccc(-c2nn(-c3ccccc3)cc2C(=O)N2CCCN(C)CC2)c(OC)c1. The predicted octanol–water partition coefficient (Wildman–Crippen LogP) is 3.33. The molecule has 1 aliphatic rings. The summed E-state index contributed by atoms with van der Waals surface area (Å²) < 4.78 is 12.7. The van der Waals surface area contributed by atoms with Crippen LogP contribution < -0.4 is 9.47 Å². The molecule has 162 valence electrons. The lowest BCUT2D eigenvalue weighted by molar-refractivity contribution is 0.0763. The summed E-state index contributed by atoms with van der Waals surface area (Å²) in [5.74, 6) is 1.29. The van der Waals surface area contributed by atoms with E-state index in [1.807, 2.05) is 59.6 Å². The minimum absolute atomic E-state index is 0.00893. The number of nitrogens with zero attached hydrogens (tertiary/aromatic N) is 4. The molecule has 4 rings (SSSR count). The Morgan fingerprint density at radius 2 is 1.77 bits per heavy atom. The summed E-state index contributed by atoms with van der Waals surface area (Å²) >= 11 is 0. The van der Waals surface area contributed by atoms with Gasteiger partial charge in [-0.3, -0.25) is 4.79 Å². The van der Waals surface area contributed by atoms with Crippen molar-refractivity contribution in [1.82, 2.24) is 19.6 Å². The number of aromatic nitrogens is 2. The predicted molar refractivity (Wildman–Crippen MR) is 120 cm³/mol. The lowest BCUT2D eigenvalue weighted by Gasteiger charge is -2.20. The Morgan fingerprint density at radius 3 is 2.52 bits per heavy atom. The zero-order chi connectivity index (χ0) is 21.8. The van der Waals surface area contributed by atoms with Crippen LogP contribution in [-0.4, -0.2) is 72.9 Å². The third-order valence-electron chi connectivity index (χ3n) is 5.64. The quantitative estimate of drug-likeness (QED) is 0.634. The van der Waals surface area contributed by atoms with Gasteiger partial charge in [-0.15, -0.1) is 0 Å². The van der Waals surface area contributed by atoms with Crippen LogP contribution in [0.4, 0.5) is 0 Å². The smallest absolute Gasteiger partial charge is 0.257 e. The minimum atomic E-state index is -0.00893. The van der Waals surface area contributed by atoms with Gasteiger partial charge in [-0.05, 0) is 44.3 Å². The van der Waals surface area contributed by atoms with Crippen molar-refractivity contribution < 1.29 is 14.3 Å². The topological polar surface area (TPSA) is 59.8 Å². The van der Waals surface area contributed by atoms with Gasteiger partial charge in [0.15, 0.2) is 0 Å². The van der Waals surface area contributed by atoms with E-state index in [2.05, 4.69) is 11.9 Å². The largest absolute Gasteiger partial charge is 0.497 e. The highest BCUT2D eigenvalue weighted by atomic mass is 16.5. The van der Waals surface area contributed by atoms with E-state index in [9.17, 15) is 4.79 Å². The molecular weight excluding hydrogens is 392 g/mol. The maximum atomic E-state index is 13.6. The number of hydrogen-bond donors (Lipinski definition) is 0. The summed E-state index contributed by atoms with van der Waals surface area (Å²) in [6, 6.07) is 15.4. The molecule has 1 fully saturated rings. The van der Waals surface area contributed by atoms with Crippen molar-refractivity contribution in [3.63, 3.8) is 0 Å². The Kier molecular flexibility index (Phi) is 6.23. The summed E-state index contributed by atoms with van der Waals surface area (Å²) in [7, 11) is 5.32. The van der Waals surface area contributed by atoms with Crippen molar-refractivity contribution in [1.29, 1.82) is 0 Å². The maximum Gasteiger partial charge on any atom is 0.257 e. The van der Waals surface area contributed by atoms with Gasteiger partial charge in [-0.2, -0.15) is 5.10 Å². The van der Waals surface area contributed by atoms with Crippen LogP contribution in [0.1, 0.15) is 16.8 Å². The fourth-order valence-electron chi connectivity index (χ4n) is 3.86. The molecule has 0 aliphatic carbocycles. The first-order chi connectivity index (χ1) is 15.1. The van der Waals surface area contributed by atoms with Crippen molar-refractivity contribution in [2.24, 2.45) is 0 Å². The molecule has 1 aliphatic heterocycles. The molecule has 1 aromatic heterocycles. The Hall–Kier alpha value is -3.32. The molecule has 7 heteroatoms. The first kappa shape index (κ1) is 20.9. The van der Waals surface area contributed by atoms with Crippen LogP contribution in [0.15, 0.2) is 54.7 Å². The monoisotopic (exact) mass is 420 g/mol. The second kappa shape index (κ2) is 9.22. The van der Waals surface area contributed by atoms with E-state index in [1.54, 1.807) is 18.9 Å². The molecule has 7 nitrogen and oxygen atoms in total. The molecule has 2 heterocycles. The highest BCUT2D eigenvalue weighted by Gasteiger charge is 2.26. The van der Waals surface area contributed by atoms with Crippen LogP contribution in [-0.2, 0) is 0 Å². The normalized spacial score (nSPS) is 14.9. The highest BCUT2D eigenvalue weighted by Crippen LogP contribution is 2.35. The van der Waals surface area contributed by atoms with Crippen LogP contribution in [0.2, 0.25) is 0 Å². The van der Waals surface area contributed by atoms with Crippen molar-refractivity contribution in [3.05, 3.63) is 60.3 Å². The molecule has 31 heavy (non-hydrogen) atoms. The lowest BCUT2D eigenvalue weighted by Crippen LogP contribution is -2.34. The molecule has 0 unspecified atom stereocenters. The summed E-state index contributed by atoms with van der Waals surface area (Å²) in [4.78, 5) is 17.8. The highest BCUT2D eigenvalue weighted by molar-refractivity contribution is 6.00. The fraction of sp³-hybridized carbons (Fsp3) is 0.333. The van der Waals surface area contributed by atoms with Gasteiger partial charge in [0.05, 0.1) is 25.5 Å². The number of methoxy groups -OCH3 is 2. The molecular formula is C24H28N4O3.